The van der Waals surface area contributed by atoms with Gasteiger partial charge in [-0.05, 0) is 52.3 Å². The van der Waals surface area contributed by atoms with Gasteiger partial charge in [-0.15, -0.1) is 0 Å². The predicted molar refractivity (Wildman–Crippen MR) is 80.6 cm³/mol. The van der Waals surface area contributed by atoms with E-state index in [0.717, 1.165) is 0 Å². The fraction of sp³-hybridized carbons (Fsp3) is 0.467. The van der Waals surface area contributed by atoms with Crippen molar-refractivity contribution in [1.82, 2.24) is 10.6 Å². The van der Waals surface area contributed by atoms with Crippen molar-refractivity contribution >= 4 is 17.6 Å². The summed E-state index contributed by atoms with van der Waals surface area (Å²) in [6.45, 7) is 8.69. The lowest BCUT2D eigenvalue weighted by atomic mass is 10.1. The number of hydrogen-bond donors (Lipinski definition) is 3. The van der Waals surface area contributed by atoms with Crippen LogP contribution in [0.2, 0.25) is 0 Å². The van der Waals surface area contributed by atoms with Gasteiger partial charge >= 0.3 is 6.03 Å². The normalized spacial score (nSPS) is 12.5. The van der Waals surface area contributed by atoms with Crippen LogP contribution < -0.4 is 16.0 Å². The van der Waals surface area contributed by atoms with Gasteiger partial charge in [0.15, 0.2) is 0 Å². The molecule has 6 heteroatoms. The van der Waals surface area contributed by atoms with Gasteiger partial charge in [0, 0.05) is 11.2 Å². The molecule has 0 aliphatic rings. The molecule has 0 radical (unpaired) electrons. The number of rotatable bonds is 3. The van der Waals surface area contributed by atoms with Crippen molar-refractivity contribution in [1.29, 1.82) is 0 Å². The molecular formula is C15H22FN3O2. The van der Waals surface area contributed by atoms with E-state index in [2.05, 4.69) is 16.0 Å². The number of urea groups is 1. The number of imide groups is 1. The molecule has 0 saturated heterocycles. The van der Waals surface area contributed by atoms with E-state index in [-0.39, 0.29) is 5.82 Å². The number of amides is 3. The molecule has 1 rings (SSSR count). The Morgan fingerprint density at radius 3 is 2.38 bits per heavy atom. The van der Waals surface area contributed by atoms with Crippen LogP contribution in [0.5, 0.6) is 0 Å². The third-order valence-corrected chi connectivity index (χ3v) is 2.67. The highest BCUT2D eigenvalue weighted by atomic mass is 19.1. The topological polar surface area (TPSA) is 70.2 Å². The van der Waals surface area contributed by atoms with Gasteiger partial charge in [0.25, 0.3) is 0 Å². The van der Waals surface area contributed by atoms with E-state index in [1.165, 1.54) is 6.07 Å². The Kier molecular flexibility index (Phi) is 5.29. The first-order valence-electron chi connectivity index (χ1n) is 6.74. The van der Waals surface area contributed by atoms with Crippen molar-refractivity contribution < 1.29 is 14.0 Å². The summed E-state index contributed by atoms with van der Waals surface area (Å²) in [5.74, 6) is -0.837. The molecule has 0 saturated carbocycles. The molecular weight excluding hydrogens is 273 g/mol. The van der Waals surface area contributed by atoms with E-state index >= 15 is 0 Å². The molecule has 1 unspecified atom stereocenters. The molecule has 0 aliphatic heterocycles. The summed E-state index contributed by atoms with van der Waals surface area (Å²) in [6.07, 6.45) is 0. The molecule has 0 bridgehead atoms. The minimum Gasteiger partial charge on any atom is -0.374 e. The van der Waals surface area contributed by atoms with E-state index < -0.39 is 23.5 Å². The van der Waals surface area contributed by atoms with Crippen LogP contribution in [0.4, 0.5) is 14.9 Å². The quantitative estimate of drug-likeness (QED) is 0.802. The lowest BCUT2D eigenvalue weighted by Gasteiger charge is -2.21. The summed E-state index contributed by atoms with van der Waals surface area (Å²) in [5.41, 5.74) is 0.584. The Bertz CT molecular complexity index is 538. The highest BCUT2D eigenvalue weighted by molar-refractivity contribution is 5.98. The molecule has 21 heavy (non-hydrogen) atoms. The summed E-state index contributed by atoms with van der Waals surface area (Å²) in [6, 6.07) is 3.38. The standard InChI is InChI=1S/C15H22FN3O2/c1-9-6-7-11(8-12(9)16)17-10(2)13(20)18-14(21)19-15(3,4)5/h6-8,10,17H,1-5H3,(H2,18,19,20,21). The lowest BCUT2D eigenvalue weighted by Crippen LogP contribution is -2.51. The van der Waals surface area contributed by atoms with Gasteiger partial charge in [-0.25, -0.2) is 9.18 Å². The molecule has 0 heterocycles. The maximum atomic E-state index is 13.4. The first-order chi connectivity index (χ1) is 9.58. The summed E-state index contributed by atoms with van der Waals surface area (Å²) < 4.78 is 13.4. The van der Waals surface area contributed by atoms with Gasteiger partial charge in [-0.1, -0.05) is 6.07 Å². The molecule has 1 aromatic rings. The van der Waals surface area contributed by atoms with Crippen molar-refractivity contribution in [2.75, 3.05) is 5.32 Å². The zero-order chi connectivity index (χ0) is 16.2. The fourth-order valence-electron chi connectivity index (χ4n) is 1.59. The van der Waals surface area contributed by atoms with Crippen molar-refractivity contribution in [3.8, 4) is 0 Å². The molecule has 0 fully saturated rings. The average Bonchev–Trinajstić information content (AvgIpc) is 2.31. The summed E-state index contributed by atoms with van der Waals surface area (Å²) in [5, 5.41) is 7.71. The van der Waals surface area contributed by atoms with Gasteiger partial charge in [-0.2, -0.15) is 0 Å². The highest BCUT2D eigenvalue weighted by Gasteiger charge is 2.19. The Hall–Kier alpha value is -2.11. The van der Waals surface area contributed by atoms with Crippen LogP contribution in [0.25, 0.3) is 0 Å². The van der Waals surface area contributed by atoms with Gasteiger partial charge in [-0.3, -0.25) is 10.1 Å². The summed E-state index contributed by atoms with van der Waals surface area (Å²) >= 11 is 0. The Morgan fingerprint density at radius 1 is 1.24 bits per heavy atom. The number of nitrogens with one attached hydrogen (secondary N) is 3. The lowest BCUT2D eigenvalue weighted by molar-refractivity contribution is -0.120. The SMILES string of the molecule is Cc1ccc(NC(C)C(=O)NC(=O)NC(C)(C)C)cc1F. The second-order valence-electron chi connectivity index (χ2n) is 6.02. The Labute approximate surface area is 124 Å². The van der Waals surface area contributed by atoms with E-state index in [0.29, 0.717) is 11.3 Å². The number of halogens is 1. The van der Waals surface area contributed by atoms with Crippen LogP contribution in [-0.2, 0) is 4.79 Å². The van der Waals surface area contributed by atoms with Crippen molar-refractivity contribution in [2.24, 2.45) is 0 Å². The molecule has 3 N–H and O–H groups in total. The minimum absolute atomic E-state index is 0.349. The number of anilines is 1. The van der Waals surface area contributed by atoms with Crippen LogP contribution in [0.3, 0.4) is 0 Å². The maximum absolute atomic E-state index is 13.4. The second kappa shape index (κ2) is 6.56. The van der Waals surface area contributed by atoms with Crippen LogP contribution in [0.15, 0.2) is 18.2 Å². The van der Waals surface area contributed by atoms with Gasteiger partial charge in [0.2, 0.25) is 5.91 Å². The monoisotopic (exact) mass is 295 g/mol. The van der Waals surface area contributed by atoms with Crippen LogP contribution >= 0.6 is 0 Å². The van der Waals surface area contributed by atoms with Gasteiger partial charge in [0.1, 0.15) is 11.9 Å². The van der Waals surface area contributed by atoms with E-state index in [4.69, 9.17) is 0 Å². The molecule has 0 aliphatic carbocycles. The van der Waals surface area contributed by atoms with E-state index in [1.54, 1.807) is 26.0 Å². The molecule has 3 amide bonds. The molecule has 1 atom stereocenters. The Balaban J connectivity index is 2.58. The number of carbonyl (C=O) groups excluding carboxylic acids is 2. The molecule has 116 valence electrons. The molecule has 5 nitrogen and oxygen atoms in total. The molecule has 0 aromatic heterocycles. The fourth-order valence-corrected chi connectivity index (χ4v) is 1.59. The average molecular weight is 295 g/mol. The number of aryl methyl sites for hydroxylation is 1. The van der Waals surface area contributed by atoms with Crippen molar-refractivity contribution in [3.05, 3.63) is 29.6 Å². The van der Waals surface area contributed by atoms with Gasteiger partial charge < -0.3 is 10.6 Å². The highest BCUT2D eigenvalue weighted by Crippen LogP contribution is 2.14. The zero-order valence-corrected chi connectivity index (χ0v) is 13.0. The first-order valence-corrected chi connectivity index (χ1v) is 6.74. The van der Waals surface area contributed by atoms with Crippen molar-refractivity contribution in [2.45, 2.75) is 46.2 Å². The third kappa shape index (κ3) is 5.81. The summed E-state index contributed by atoms with van der Waals surface area (Å²) in [7, 11) is 0. The molecule has 1 aromatic carbocycles. The first kappa shape index (κ1) is 16.9. The zero-order valence-electron chi connectivity index (χ0n) is 13.0. The smallest absolute Gasteiger partial charge is 0.321 e. The summed E-state index contributed by atoms with van der Waals surface area (Å²) in [4.78, 5) is 23.5. The van der Waals surface area contributed by atoms with Crippen molar-refractivity contribution in [3.63, 3.8) is 0 Å². The minimum atomic E-state index is -0.669. The van der Waals surface area contributed by atoms with Crippen LogP contribution in [-0.4, -0.2) is 23.5 Å². The van der Waals surface area contributed by atoms with Crippen LogP contribution in [0.1, 0.15) is 33.3 Å². The maximum Gasteiger partial charge on any atom is 0.321 e. The largest absolute Gasteiger partial charge is 0.374 e. The number of benzene rings is 1. The number of carbonyl (C=O) groups is 2. The third-order valence-electron chi connectivity index (χ3n) is 2.67. The van der Waals surface area contributed by atoms with E-state index in [9.17, 15) is 14.0 Å². The Morgan fingerprint density at radius 2 is 1.86 bits per heavy atom. The van der Waals surface area contributed by atoms with Crippen LogP contribution in [0, 0.1) is 12.7 Å². The second-order valence-corrected chi connectivity index (χ2v) is 6.02. The van der Waals surface area contributed by atoms with Gasteiger partial charge in [0.05, 0.1) is 0 Å². The number of hydrogen-bond acceptors (Lipinski definition) is 3. The predicted octanol–water partition coefficient (Wildman–Crippen LogP) is 2.56. The van der Waals surface area contributed by atoms with E-state index in [1.807, 2.05) is 20.8 Å². The molecule has 0 spiro atoms.